The lowest BCUT2D eigenvalue weighted by atomic mass is 9.98. The molecule has 0 saturated heterocycles. The first-order chi connectivity index (χ1) is 8.90. The lowest BCUT2D eigenvalue weighted by molar-refractivity contribution is 0.103. The first kappa shape index (κ1) is 14.1. The van der Waals surface area contributed by atoms with Crippen molar-refractivity contribution in [3.63, 3.8) is 0 Å². The van der Waals surface area contributed by atoms with Gasteiger partial charge in [0.05, 0.1) is 5.02 Å². The van der Waals surface area contributed by atoms with Crippen molar-refractivity contribution in [2.45, 2.75) is 20.8 Å². The van der Waals surface area contributed by atoms with Gasteiger partial charge in [0.1, 0.15) is 0 Å². The quantitative estimate of drug-likeness (QED) is 0.700. The van der Waals surface area contributed by atoms with E-state index in [0.717, 1.165) is 16.7 Å². The third-order valence-corrected chi connectivity index (χ3v) is 3.98. The Balaban J connectivity index is 2.49. The molecule has 2 aromatic rings. The van der Waals surface area contributed by atoms with E-state index in [9.17, 15) is 4.79 Å². The molecule has 19 heavy (non-hydrogen) atoms. The Morgan fingerprint density at radius 1 is 0.842 bits per heavy atom. The molecule has 98 valence electrons. The predicted octanol–water partition coefficient (Wildman–Crippen LogP) is 5.15. The molecule has 0 amide bonds. The molecule has 2 rings (SSSR count). The zero-order chi connectivity index (χ0) is 14.2. The summed E-state index contributed by atoms with van der Waals surface area (Å²) in [5, 5.41) is 1.07. The Bertz CT molecular complexity index is 660. The second kappa shape index (κ2) is 5.36. The largest absolute Gasteiger partial charge is 0.289 e. The molecule has 0 unspecified atom stereocenters. The molecule has 0 atom stereocenters. The minimum atomic E-state index is -0.102. The fourth-order valence-electron chi connectivity index (χ4n) is 1.84. The lowest BCUT2D eigenvalue weighted by Crippen LogP contribution is -2.03. The second-order valence-corrected chi connectivity index (χ2v) is 5.52. The molecule has 0 bridgehead atoms. The molecule has 0 fully saturated rings. The molecule has 0 saturated carbocycles. The van der Waals surface area contributed by atoms with E-state index >= 15 is 0 Å². The molecule has 0 spiro atoms. The van der Waals surface area contributed by atoms with Gasteiger partial charge in [-0.3, -0.25) is 4.79 Å². The summed E-state index contributed by atoms with van der Waals surface area (Å²) in [7, 11) is 0. The lowest BCUT2D eigenvalue weighted by Gasteiger charge is -2.08. The zero-order valence-electron chi connectivity index (χ0n) is 11.1. The van der Waals surface area contributed by atoms with Crippen molar-refractivity contribution in [2.24, 2.45) is 0 Å². The summed E-state index contributed by atoms with van der Waals surface area (Å²) >= 11 is 12.2. The van der Waals surface area contributed by atoms with Gasteiger partial charge in [0.25, 0.3) is 0 Å². The number of benzene rings is 2. The highest BCUT2D eigenvalue weighted by atomic mass is 35.5. The number of hydrogen-bond acceptors (Lipinski definition) is 1. The number of carbonyl (C=O) groups is 1. The molecule has 3 heteroatoms. The molecule has 0 radical (unpaired) electrons. The summed E-state index contributed by atoms with van der Waals surface area (Å²) in [6.07, 6.45) is 0. The van der Waals surface area contributed by atoms with Gasteiger partial charge in [-0.25, -0.2) is 0 Å². The van der Waals surface area contributed by atoms with E-state index in [4.69, 9.17) is 23.2 Å². The maximum Gasteiger partial charge on any atom is 0.194 e. The molecule has 1 nitrogen and oxygen atoms in total. The van der Waals surface area contributed by atoms with Gasteiger partial charge >= 0.3 is 0 Å². The van der Waals surface area contributed by atoms with Crippen molar-refractivity contribution in [2.75, 3.05) is 0 Å². The van der Waals surface area contributed by atoms with Gasteiger partial charge in [-0.1, -0.05) is 35.3 Å². The number of ketones is 1. The Hall–Kier alpha value is -1.31. The molecule has 2 aromatic carbocycles. The van der Waals surface area contributed by atoms with Crippen LogP contribution in [0.25, 0.3) is 0 Å². The van der Waals surface area contributed by atoms with Crippen LogP contribution in [0.3, 0.4) is 0 Å². The van der Waals surface area contributed by atoms with Crippen LogP contribution < -0.4 is 0 Å². The van der Waals surface area contributed by atoms with E-state index in [0.29, 0.717) is 21.2 Å². The molecule has 0 heterocycles. The minimum Gasteiger partial charge on any atom is -0.289 e. The second-order valence-electron chi connectivity index (χ2n) is 4.71. The molecular weight excluding hydrogens is 279 g/mol. The normalized spacial score (nSPS) is 10.6. The van der Waals surface area contributed by atoms with Crippen LogP contribution in [-0.2, 0) is 0 Å². The van der Waals surface area contributed by atoms with E-state index in [2.05, 4.69) is 0 Å². The molecular formula is C16H14Cl2O. The SMILES string of the molecule is Cc1cc(Cl)c(C(=O)c2ccc(C)c(Cl)c2)cc1C. The highest BCUT2D eigenvalue weighted by Gasteiger charge is 2.15. The monoisotopic (exact) mass is 292 g/mol. The van der Waals surface area contributed by atoms with Crippen molar-refractivity contribution >= 4 is 29.0 Å². The number of rotatable bonds is 2. The van der Waals surface area contributed by atoms with Gasteiger partial charge in [0.2, 0.25) is 0 Å². The first-order valence-electron chi connectivity index (χ1n) is 5.97. The van der Waals surface area contributed by atoms with Crippen molar-refractivity contribution in [1.82, 2.24) is 0 Å². The summed E-state index contributed by atoms with van der Waals surface area (Å²) in [5.41, 5.74) is 4.14. The van der Waals surface area contributed by atoms with E-state index < -0.39 is 0 Å². The Morgan fingerprint density at radius 2 is 1.47 bits per heavy atom. The van der Waals surface area contributed by atoms with E-state index in [-0.39, 0.29) is 5.78 Å². The topological polar surface area (TPSA) is 17.1 Å². The summed E-state index contributed by atoms with van der Waals surface area (Å²) < 4.78 is 0. The fraction of sp³-hybridized carbons (Fsp3) is 0.188. The number of hydrogen-bond donors (Lipinski definition) is 0. The third kappa shape index (κ3) is 2.83. The zero-order valence-corrected chi connectivity index (χ0v) is 12.6. The van der Waals surface area contributed by atoms with Crippen LogP contribution in [0.15, 0.2) is 30.3 Å². The first-order valence-corrected chi connectivity index (χ1v) is 6.73. The van der Waals surface area contributed by atoms with Gasteiger partial charge in [-0.15, -0.1) is 0 Å². The Kier molecular flexibility index (Phi) is 3.98. The van der Waals surface area contributed by atoms with Crippen LogP contribution in [0, 0.1) is 20.8 Å². The van der Waals surface area contributed by atoms with Gasteiger partial charge in [-0.05, 0) is 55.7 Å². The number of halogens is 2. The standard InChI is InChI=1S/C16H14Cl2O/c1-9-4-5-12(8-14(9)17)16(19)13-6-10(2)11(3)7-15(13)18/h4-8H,1-3H3. The smallest absolute Gasteiger partial charge is 0.194 e. The van der Waals surface area contributed by atoms with Gasteiger partial charge in [0.15, 0.2) is 5.78 Å². The maximum absolute atomic E-state index is 12.5. The number of carbonyl (C=O) groups excluding carboxylic acids is 1. The maximum atomic E-state index is 12.5. The van der Waals surface area contributed by atoms with E-state index in [1.54, 1.807) is 12.1 Å². The third-order valence-electron chi connectivity index (χ3n) is 3.26. The molecule has 0 aromatic heterocycles. The van der Waals surface area contributed by atoms with Crippen molar-refractivity contribution in [1.29, 1.82) is 0 Å². The predicted molar refractivity (Wildman–Crippen MR) is 80.5 cm³/mol. The van der Waals surface area contributed by atoms with E-state index in [1.807, 2.05) is 39.0 Å². The van der Waals surface area contributed by atoms with Gasteiger partial charge in [0, 0.05) is 16.1 Å². The number of aryl methyl sites for hydroxylation is 3. The van der Waals surface area contributed by atoms with Crippen molar-refractivity contribution in [3.05, 3.63) is 68.2 Å². The van der Waals surface area contributed by atoms with Crippen LogP contribution in [0.4, 0.5) is 0 Å². The van der Waals surface area contributed by atoms with Crippen molar-refractivity contribution in [3.8, 4) is 0 Å². The van der Waals surface area contributed by atoms with Crippen LogP contribution in [-0.4, -0.2) is 5.78 Å². The van der Waals surface area contributed by atoms with Gasteiger partial charge < -0.3 is 0 Å². The van der Waals surface area contributed by atoms with Crippen LogP contribution in [0.2, 0.25) is 10.0 Å². The van der Waals surface area contributed by atoms with Crippen molar-refractivity contribution < 1.29 is 4.79 Å². The molecule has 0 aliphatic carbocycles. The highest BCUT2D eigenvalue weighted by Crippen LogP contribution is 2.25. The highest BCUT2D eigenvalue weighted by molar-refractivity contribution is 6.35. The average Bonchev–Trinajstić information content (AvgIpc) is 2.36. The molecule has 0 aliphatic rings. The summed E-state index contributed by atoms with van der Waals surface area (Å²) in [6.45, 7) is 5.84. The molecule has 0 N–H and O–H groups in total. The van der Waals surface area contributed by atoms with Crippen LogP contribution in [0.5, 0.6) is 0 Å². The summed E-state index contributed by atoms with van der Waals surface area (Å²) in [6, 6.07) is 8.94. The van der Waals surface area contributed by atoms with E-state index in [1.165, 1.54) is 0 Å². The van der Waals surface area contributed by atoms with Crippen LogP contribution in [0.1, 0.15) is 32.6 Å². The summed E-state index contributed by atoms with van der Waals surface area (Å²) in [4.78, 5) is 12.5. The molecule has 0 aliphatic heterocycles. The van der Waals surface area contributed by atoms with Crippen LogP contribution >= 0.6 is 23.2 Å². The Labute approximate surface area is 123 Å². The average molecular weight is 293 g/mol. The minimum absolute atomic E-state index is 0.102. The Morgan fingerprint density at radius 3 is 2.11 bits per heavy atom. The van der Waals surface area contributed by atoms with Gasteiger partial charge in [-0.2, -0.15) is 0 Å². The summed E-state index contributed by atoms with van der Waals surface area (Å²) in [5.74, 6) is -0.102. The fourth-order valence-corrected chi connectivity index (χ4v) is 2.33.